The van der Waals surface area contributed by atoms with Crippen molar-refractivity contribution in [3.8, 4) is 17.0 Å². The van der Waals surface area contributed by atoms with E-state index in [9.17, 15) is 0 Å². The molecular weight excluding hydrogens is 400 g/mol. The van der Waals surface area contributed by atoms with Crippen molar-refractivity contribution >= 4 is 22.8 Å². The lowest BCUT2D eigenvalue weighted by Gasteiger charge is -2.20. The lowest BCUT2D eigenvalue weighted by atomic mass is 10.1. The van der Waals surface area contributed by atoms with Crippen LogP contribution in [0, 0.1) is 6.92 Å². The van der Waals surface area contributed by atoms with Crippen molar-refractivity contribution in [3.05, 3.63) is 59.7 Å². The molecule has 0 bridgehead atoms. The second-order valence-corrected chi connectivity index (χ2v) is 8.96. The van der Waals surface area contributed by atoms with E-state index in [-0.39, 0.29) is 5.54 Å². The van der Waals surface area contributed by atoms with Gasteiger partial charge in [-0.15, -0.1) is 5.10 Å². The van der Waals surface area contributed by atoms with E-state index in [2.05, 4.69) is 62.3 Å². The fraction of sp³-hybridized carbons (Fsp3) is 0.320. The summed E-state index contributed by atoms with van der Waals surface area (Å²) >= 11 is 0. The molecule has 0 radical (unpaired) electrons. The molecule has 7 heteroatoms. The maximum atomic E-state index is 6.54. The summed E-state index contributed by atoms with van der Waals surface area (Å²) in [7, 11) is 1.67. The minimum Gasteiger partial charge on any atom is -0.497 e. The first kappa shape index (κ1) is 21.6. The molecule has 166 valence electrons. The quantitative estimate of drug-likeness (QED) is 0.456. The van der Waals surface area contributed by atoms with Crippen molar-refractivity contribution in [2.75, 3.05) is 24.7 Å². The van der Waals surface area contributed by atoms with Gasteiger partial charge in [0.2, 0.25) is 5.95 Å². The van der Waals surface area contributed by atoms with Crippen LogP contribution in [0.1, 0.15) is 31.9 Å². The molecule has 0 saturated carbocycles. The highest BCUT2D eigenvalue weighted by Crippen LogP contribution is 2.34. The number of hydrogen-bond donors (Lipinski definition) is 2. The third-order valence-electron chi connectivity index (χ3n) is 5.35. The summed E-state index contributed by atoms with van der Waals surface area (Å²) in [5.41, 5.74) is 11.0. The van der Waals surface area contributed by atoms with Gasteiger partial charge in [0.1, 0.15) is 11.6 Å². The van der Waals surface area contributed by atoms with Gasteiger partial charge in [0.05, 0.1) is 23.7 Å². The summed E-state index contributed by atoms with van der Waals surface area (Å²) in [6, 6.07) is 16.3. The average molecular weight is 431 g/mol. The maximum absolute atomic E-state index is 6.54. The summed E-state index contributed by atoms with van der Waals surface area (Å²) < 4.78 is 7.05. The lowest BCUT2D eigenvalue weighted by molar-refractivity contribution is 0.364. The SMILES string of the molecule is COc1ccc(CCNc2nc(-c3cccc(C)c3)c3c(N)n(C(C)(C)C)nc3n2)cc1. The highest BCUT2D eigenvalue weighted by atomic mass is 16.5. The van der Waals surface area contributed by atoms with Gasteiger partial charge in [-0.1, -0.05) is 35.9 Å². The highest BCUT2D eigenvalue weighted by Gasteiger charge is 2.24. The zero-order valence-electron chi connectivity index (χ0n) is 19.3. The molecule has 4 aromatic rings. The Balaban J connectivity index is 1.70. The van der Waals surface area contributed by atoms with Gasteiger partial charge >= 0.3 is 0 Å². The Bertz CT molecular complexity index is 1240. The van der Waals surface area contributed by atoms with Gasteiger partial charge in [-0.2, -0.15) is 4.98 Å². The molecule has 2 heterocycles. The minimum absolute atomic E-state index is 0.267. The predicted octanol–water partition coefficient (Wildman–Crippen LogP) is 4.80. The van der Waals surface area contributed by atoms with Crippen LogP contribution in [0.3, 0.4) is 0 Å². The number of fused-ring (bicyclic) bond motifs is 1. The zero-order chi connectivity index (χ0) is 22.9. The minimum atomic E-state index is -0.267. The Morgan fingerprint density at radius 1 is 1.06 bits per heavy atom. The smallest absolute Gasteiger partial charge is 0.225 e. The number of aryl methyl sites for hydroxylation is 1. The van der Waals surface area contributed by atoms with Crippen LogP contribution in [0.15, 0.2) is 48.5 Å². The van der Waals surface area contributed by atoms with Crippen molar-refractivity contribution in [2.24, 2.45) is 0 Å². The maximum Gasteiger partial charge on any atom is 0.225 e. The fourth-order valence-electron chi connectivity index (χ4n) is 3.71. The highest BCUT2D eigenvalue weighted by molar-refractivity contribution is 5.99. The molecule has 3 N–H and O–H groups in total. The summed E-state index contributed by atoms with van der Waals surface area (Å²) in [5, 5.41) is 8.87. The van der Waals surface area contributed by atoms with Gasteiger partial charge in [-0.25, -0.2) is 9.67 Å². The van der Waals surface area contributed by atoms with Crippen molar-refractivity contribution in [2.45, 2.75) is 39.7 Å². The van der Waals surface area contributed by atoms with Crippen LogP contribution in [-0.4, -0.2) is 33.4 Å². The molecule has 0 fully saturated rings. The van der Waals surface area contributed by atoms with Gasteiger partial charge in [0, 0.05) is 12.1 Å². The Labute approximate surface area is 188 Å². The lowest BCUT2D eigenvalue weighted by Crippen LogP contribution is -2.24. The van der Waals surface area contributed by atoms with Crippen LogP contribution in [0.4, 0.5) is 11.8 Å². The number of anilines is 2. The summed E-state index contributed by atoms with van der Waals surface area (Å²) in [6.07, 6.45) is 0.837. The largest absolute Gasteiger partial charge is 0.497 e. The molecule has 0 unspecified atom stereocenters. The van der Waals surface area contributed by atoms with E-state index in [4.69, 9.17) is 20.6 Å². The summed E-state index contributed by atoms with van der Waals surface area (Å²) in [6.45, 7) is 8.98. The van der Waals surface area contributed by atoms with Crippen LogP contribution < -0.4 is 15.8 Å². The number of benzene rings is 2. The molecule has 0 saturated heterocycles. The molecule has 0 aliphatic rings. The number of methoxy groups -OCH3 is 1. The van der Waals surface area contributed by atoms with Crippen LogP contribution in [0.25, 0.3) is 22.3 Å². The summed E-state index contributed by atoms with van der Waals surface area (Å²) in [4.78, 5) is 9.53. The number of hydrogen-bond acceptors (Lipinski definition) is 6. The number of nitrogen functional groups attached to an aromatic ring is 1. The first-order valence-corrected chi connectivity index (χ1v) is 10.8. The van der Waals surface area contributed by atoms with Gasteiger partial charge in [0.25, 0.3) is 0 Å². The van der Waals surface area contributed by atoms with Crippen LogP contribution in [-0.2, 0) is 12.0 Å². The standard InChI is InChI=1S/C25H30N6O/c1-16-7-6-8-18(15-16)21-20-22(26)31(25(2,3)4)30-23(20)29-24(28-21)27-14-13-17-9-11-19(32-5)12-10-17/h6-12,15H,13-14,26H2,1-5H3,(H,27,29,30). The second kappa shape index (κ2) is 8.49. The number of nitrogens with one attached hydrogen (secondary N) is 1. The number of nitrogens with two attached hydrogens (primary N) is 1. The molecule has 0 atom stereocenters. The molecular formula is C25H30N6O. The number of rotatable bonds is 6. The third-order valence-corrected chi connectivity index (χ3v) is 5.35. The molecule has 4 rings (SSSR count). The van der Waals surface area contributed by atoms with E-state index < -0.39 is 0 Å². The van der Waals surface area contributed by atoms with E-state index in [0.717, 1.165) is 34.4 Å². The third kappa shape index (κ3) is 4.37. The Hall–Kier alpha value is -3.61. The van der Waals surface area contributed by atoms with Crippen LogP contribution in [0.2, 0.25) is 0 Å². The van der Waals surface area contributed by atoms with Gasteiger partial charge < -0.3 is 15.8 Å². The van der Waals surface area contributed by atoms with Crippen molar-refractivity contribution in [1.29, 1.82) is 0 Å². The molecule has 7 nitrogen and oxygen atoms in total. The first-order chi connectivity index (χ1) is 15.3. The molecule has 0 aliphatic heterocycles. The van der Waals surface area contributed by atoms with Gasteiger partial charge in [-0.3, -0.25) is 0 Å². The Morgan fingerprint density at radius 2 is 1.81 bits per heavy atom. The predicted molar refractivity (Wildman–Crippen MR) is 130 cm³/mol. The molecule has 0 spiro atoms. The average Bonchev–Trinajstić information content (AvgIpc) is 3.11. The van der Waals surface area contributed by atoms with Gasteiger partial charge in [-0.05, 0) is 57.9 Å². The Morgan fingerprint density at radius 3 is 2.47 bits per heavy atom. The number of aromatic nitrogens is 4. The molecule has 32 heavy (non-hydrogen) atoms. The molecule has 0 aliphatic carbocycles. The van der Waals surface area contributed by atoms with Crippen molar-refractivity contribution in [3.63, 3.8) is 0 Å². The number of ether oxygens (including phenoxy) is 1. The number of nitrogens with zero attached hydrogens (tertiary/aromatic N) is 4. The van der Waals surface area contributed by atoms with E-state index in [1.54, 1.807) is 7.11 Å². The summed E-state index contributed by atoms with van der Waals surface area (Å²) in [5.74, 6) is 1.97. The molecule has 2 aromatic heterocycles. The fourth-order valence-corrected chi connectivity index (χ4v) is 3.71. The van der Waals surface area contributed by atoms with E-state index in [1.165, 1.54) is 5.56 Å². The van der Waals surface area contributed by atoms with Crippen molar-refractivity contribution < 1.29 is 4.74 Å². The van der Waals surface area contributed by atoms with E-state index >= 15 is 0 Å². The van der Waals surface area contributed by atoms with E-state index in [1.807, 2.05) is 28.9 Å². The molecule has 0 amide bonds. The van der Waals surface area contributed by atoms with Crippen LogP contribution in [0.5, 0.6) is 5.75 Å². The van der Waals surface area contributed by atoms with Gasteiger partial charge in [0.15, 0.2) is 5.65 Å². The normalized spacial score (nSPS) is 11.7. The topological polar surface area (TPSA) is 90.9 Å². The first-order valence-electron chi connectivity index (χ1n) is 10.8. The zero-order valence-corrected chi connectivity index (χ0v) is 19.3. The second-order valence-electron chi connectivity index (χ2n) is 8.96. The van der Waals surface area contributed by atoms with Crippen molar-refractivity contribution in [1.82, 2.24) is 19.7 Å². The molecule has 2 aromatic carbocycles. The van der Waals surface area contributed by atoms with Crippen LogP contribution >= 0.6 is 0 Å². The van der Waals surface area contributed by atoms with E-state index in [0.29, 0.717) is 24.0 Å². The Kier molecular flexibility index (Phi) is 5.74. The monoisotopic (exact) mass is 430 g/mol.